The molecule has 0 amide bonds. The molecule has 0 atom stereocenters. The standard InChI is InChI=1S/C66H74N2O12/c1-45(2)63(69)77-35-31-73-41-51-11-21-57(22-12-51)67(61-29-19-55(49(9)39-61)43-75-33-37-79-65(71)47(5)6)59-25-15-53(16-26-59)54-17-27-60(28-18-54)68(58-23-13-52(14-24-58)42-74-32-36-78-64(70)46(3)4)62-30-20-56(50(10)40-62)44-76-34-38-80-66(72)48(7)8/h11-30,39-40,46H,1,5,7,31-38,41-44H2,2-4,6,8-10H3. The fraction of sp³-hybridized carbons (Fsp3) is 0.303. The second-order valence-electron chi connectivity index (χ2n) is 19.6. The quantitative estimate of drug-likeness (QED) is 0.0176. The molecule has 6 aromatic rings. The number of hydrogen-bond acceptors (Lipinski definition) is 14. The van der Waals surface area contributed by atoms with Crippen LogP contribution in [0.5, 0.6) is 0 Å². The van der Waals surface area contributed by atoms with Crippen LogP contribution in [-0.2, 0) is 83.5 Å². The minimum absolute atomic E-state index is 0.139. The highest BCUT2D eigenvalue weighted by Gasteiger charge is 2.18. The van der Waals surface area contributed by atoms with Gasteiger partial charge in [-0.3, -0.25) is 4.79 Å². The number of nitrogens with zero attached hydrogens (tertiary/aromatic N) is 2. The van der Waals surface area contributed by atoms with Crippen molar-refractivity contribution in [2.75, 3.05) is 62.7 Å². The first-order valence-electron chi connectivity index (χ1n) is 26.6. The van der Waals surface area contributed by atoms with Crippen molar-refractivity contribution in [3.8, 4) is 11.1 Å². The van der Waals surface area contributed by atoms with Gasteiger partial charge in [-0.05, 0) is 152 Å². The fourth-order valence-electron chi connectivity index (χ4n) is 8.01. The van der Waals surface area contributed by atoms with E-state index in [2.05, 4.69) is 153 Å². The minimum atomic E-state index is -0.441. The van der Waals surface area contributed by atoms with Crippen molar-refractivity contribution in [1.29, 1.82) is 0 Å². The van der Waals surface area contributed by atoms with Crippen LogP contribution in [0, 0.1) is 19.8 Å². The van der Waals surface area contributed by atoms with Gasteiger partial charge in [0.1, 0.15) is 26.4 Å². The lowest BCUT2D eigenvalue weighted by molar-refractivity contribution is -0.149. The number of esters is 4. The highest BCUT2D eigenvalue weighted by atomic mass is 16.6. The third kappa shape index (κ3) is 18.5. The summed E-state index contributed by atoms with van der Waals surface area (Å²) in [6, 6.07) is 45.9. The van der Waals surface area contributed by atoms with Crippen molar-refractivity contribution in [3.05, 3.63) is 203 Å². The number of hydrogen-bond donors (Lipinski definition) is 0. The van der Waals surface area contributed by atoms with E-state index in [0.29, 0.717) is 49.8 Å². The van der Waals surface area contributed by atoms with Crippen molar-refractivity contribution in [1.82, 2.24) is 0 Å². The summed E-state index contributed by atoms with van der Waals surface area (Å²) in [5.74, 6) is -1.76. The third-order valence-corrected chi connectivity index (χ3v) is 12.6. The summed E-state index contributed by atoms with van der Waals surface area (Å²) >= 11 is 0. The molecule has 6 aromatic carbocycles. The Kier molecular flexibility index (Phi) is 23.6. The van der Waals surface area contributed by atoms with Gasteiger partial charge in [-0.2, -0.15) is 0 Å². The smallest absolute Gasteiger partial charge is 0.333 e. The first kappa shape index (κ1) is 61.1. The van der Waals surface area contributed by atoms with Crippen LogP contribution in [-0.4, -0.2) is 76.7 Å². The Bertz CT molecular complexity index is 3060. The minimum Gasteiger partial charge on any atom is -0.463 e. The molecule has 0 saturated carbocycles. The number of aryl methyl sites for hydroxylation is 2. The van der Waals surface area contributed by atoms with Crippen molar-refractivity contribution >= 4 is 58.0 Å². The van der Waals surface area contributed by atoms with Crippen molar-refractivity contribution < 1.29 is 57.1 Å². The molecule has 0 N–H and O–H groups in total. The molecule has 0 saturated heterocycles. The van der Waals surface area contributed by atoms with E-state index in [-0.39, 0.29) is 58.1 Å². The van der Waals surface area contributed by atoms with Crippen molar-refractivity contribution in [2.24, 2.45) is 5.92 Å². The molecule has 6 rings (SSSR count). The summed E-state index contributed by atoms with van der Waals surface area (Å²) < 4.78 is 44.2. The van der Waals surface area contributed by atoms with E-state index in [4.69, 9.17) is 37.9 Å². The second kappa shape index (κ2) is 30.9. The Morgan fingerprint density at radius 1 is 0.388 bits per heavy atom. The number of carbonyl (C=O) groups excluding carboxylic acids is 4. The lowest BCUT2D eigenvalue weighted by Crippen LogP contribution is -2.15. The fourth-order valence-corrected chi connectivity index (χ4v) is 8.01. The predicted molar refractivity (Wildman–Crippen MR) is 312 cm³/mol. The van der Waals surface area contributed by atoms with Gasteiger partial charge < -0.3 is 47.7 Å². The van der Waals surface area contributed by atoms with Gasteiger partial charge in [-0.25, -0.2) is 14.4 Å². The van der Waals surface area contributed by atoms with Gasteiger partial charge in [-0.15, -0.1) is 0 Å². The number of rotatable bonds is 31. The maximum atomic E-state index is 11.9. The van der Waals surface area contributed by atoms with Gasteiger partial charge in [0, 0.05) is 50.8 Å². The summed E-state index contributed by atoms with van der Waals surface area (Å²) in [5.41, 5.74) is 14.8. The molecular formula is C66H74N2O12. The van der Waals surface area contributed by atoms with Crippen LogP contribution in [0.1, 0.15) is 68.0 Å². The lowest BCUT2D eigenvalue weighted by Gasteiger charge is -2.27. The first-order valence-corrected chi connectivity index (χ1v) is 26.6. The molecule has 0 spiro atoms. The first-order chi connectivity index (χ1) is 38.5. The highest BCUT2D eigenvalue weighted by Crippen LogP contribution is 2.39. The molecule has 0 bridgehead atoms. The van der Waals surface area contributed by atoms with E-state index in [0.717, 1.165) is 78.6 Å². The van der Waals surface area contributed by atoms with Gasteiger partial charge in [0.05, 0.1) is 58.8 Å². The topological polar surface area (TPSA) is 149 Å². The Morgan fingerprint density at radius 3 is 0.975 bits per heavy atom. The zero-order valence-corrected chi connectivity index (χ0v) is 47.2. The van der Waals surface area contributed by atoms with Crippen LogP contribution in [0.25, 0.3) is 11.1 Å². The normalized spacial score (nSPS) is 10.9. The van der Waals surface area contributed by atoms with Crippen molar-refractivity contribution in [2.45, 2.75) is 74.9 Å². The Hall–Kier alpha value is -8.14. The average molecular weight is 1090 g/mol. The maximum Gasteiger partial charge on any atom is 0.333 e. The molecule has 0 aliphatic carbocycles. The van der Waals surface area contributed by atoms with Crippen LogP contribution < -0.4 is 9.80 Å². The van der Waals surface area contributed by atoms with Crippen LogP contribution in [0.3, 0.4) is 0 Å². The summed E-state index contributed by atoms with van der Waals surface area (Å²) in [6.07, 6.45) is 0. The van der Waals surface area contributed by atoms with E-state index in [9.17, 15) is 19.2 Å². The molecule has 0 heterocycles. The van der Waals surface area contributed by atoms with Crippen molar-refractivity contribution in [3.63, 3.8) is 0 Å². The van der Waals surface area contributed by atoms with E-state index < -0.39 is 17.9 Å². The maximum absolute atomic E-state index is 11.9. The molecule has 0 fully saturated rings. The molecule has 0 unspecified atom stereocenters. The number of benzene rings is 6. The number of carbonyl (C=O) groups is 4. The van der Waals surface area contributed by atoms with Gasteiger partial charge in [-0.1, -0.05) is 94.2 Å². The molecule has 14 nitrogen and oxygen atoms in total. The highest BCUT2D eigenvalue weighted by molar-refractivity contribution is 5.88. The van der Waals surface area contributed by atoms with Crippen LogP contribution in [0.2, 0.25) is 0 Å². The number of anilines is 6. The molecule has 0 radical (unpaired) electrons. The lowest BCUT2D eigenvalue weighted by atomic mass is 10.0. The van der Waals surface area contributed by atoms with Gasteiger partial charge in [0.25, 0.3) is 0 Å². The Morgan fingerprint density at radius 2 is 0.675 bits per heavy atom. The van der Waals surface area contributed by atoms with Gasteiger partial charge in [0.15, 0.2) is 0 Å². The van der Waals surface area contributed by atoms with E-state index >= 15 is 0 Å². The number of ether oxygens (including phenoxy) is 8. The third-order valence-electron chi connectivity index (χ3n) is 12.6. The zero-order valence-electron chi connectivity index (χ0n) is 47.2. The monoisotopic (exact) mass is 1090 g/mol. The Labute approximate surface area is 471 Å². The van der Waals surface area contributed by atoms with E-state index in [1.807, 2.05) is 24.3 Å². The summed E-state index contributed by atoms with van der Waals surface area (Å²) in [5, 5.41) is 0. The molecule has 80 heavy (non-hydrogen) atoms. The molecule has 420 valence electrons. The second-order valence-corrected chi connectivity index (χ2v) is 19.6. The largest absolute Gasteiger partial charge is 0.463 e. The van der Waals surface area contributed by atoms with Crippen LogP contribution in [0.4, 0.5) is 34.1 Å². The molecule has 0 aliphatic heterocycles. The van der Waals surface area contributed by atoms with Gasteiger partial charge in [0.2, 0.25) is 0 Å². The zero-order chi connectivity index (χ0) is 57.6. The van der Waals surface area contributed by atoms with E-state index in [1.54, 1.807) is 34.6 Å². The SMILES string of the molecule is C=C(C)C(=O)OCCOCc1ccc(N(c2ccc(-c3ccc(N(c4ccc(COCCOC(=O)C(C)C)cc4)c4ccc(COCCOC(=O)C(=C)C)c(C)c4)cc3)cc2)c2ccc(COCCOC(=O)C(=C)C)c(C)c2)cc1. The summed E-state index contributed by atoms with van der Waals surface area (Å²) in [6.45, 7) is 26.5. The van der Waals surface area contributed by atoms with E-state index in [1.165, 1.54) is 0 Å². The predicted octanol–water partition coefficient (Wildman–Crippen LogP) is 13.5. The Balaban J connectivity index is 1.22. The summed E-state index contributed by atoms with van der Waals surface area (Å²) in [4.78, 5) is 51.7. The molecular weight excluding hydrogens is 1010 g/mol. The van der Waals surface area contributed by atoms with Gasteiger partial charge >= 0.3 is 23.9 Å². The summed E-state index contributed by atoms with van der Waals surface area (Å²) in [7, 11) is 0. The molecule has 0 aromatic heterocycles. The van der Waals surface area contributed by atoms with Crippen LogP contribution >= 0.6 is 0 Å². The molecule has 14 heteroatoms. The van der Waals surface area contributed by atoms with Crippen LogP contribution in [0.15, 0.2) is 170 Å². The molecule has 0 aliphatic rings. The average Bonchev–Trinajstić information content (AvgIpc) is 3.45.